The zero-order valence-electron chi connectivity index (χ0n) is 12.2. The van der Waals surface area contributed by atoms with E-state index >= 15 is 0 Å². The van der Waals surface area contributed by atoms with Gasteiger partial charge >= 0.3 is 6.18 Å². The first-order valence-electron chi connectivity index (χ1n) is 6.73. The molecule has 2 aromatic carbocycles. The normalized spacial score (nSPS) is 11.5. The van der Waals surface area contributed by atoms with Gasteiger partial charge in [-0.25, -0.2) is 5.43 Å². The lowest BCUT2D eigenvalue weighted by Gasteiger charge is -2.09. The standard InChI is InChI=1S/C16H12ClF3N2O2/c17-14-7-2-1-4-11(14)9-21-22-15(23)10-24-13-6-3-5-12(8-13)16(18,19)20/h1-9H,10H2,(H,22,23)/b21-9+. The van der Waals surface area contributed by atoms with Gasteiger partial charge in [0, 0.05) is 10.6 Å². The van der Waals surface area contributed by atoms with E-state index in [1.807, 2.05) is 0 Å². The van der Waals surface area contributed by atoms with Crippen molar-refractivity contribution in [3.63, 3.8) is 0 Å². The summed E-state index contributed by atoms with van der Waals surface area (Å²) < 4.78 is 42.7. The SMILES string of the molecule is O=C(COc1cccc(C(F)(F)F)c1)N/N=C/c1ccccc1Cl. The van der Waals surface area contributed by atoms with Crippen molar-refractivity contribution in [2.24, 2.45) is 5.10 Å². The van der Waals surface area contributed by atoms with Crippen molar-refractivity contribution in [3.05, 3.63) is 64.7 Å². The number of carbonyl (C=O) groups is 1. The molecule has 0 bridgehead atoms. The van der Waals surface area contributed by atoms with E-state index in [0.29, 0.717) is 10.6 Å². The maximum absolute atomic E-state index is 12.6. The monoisotopic (exact) mass is 356 g/mol. The summed E-state index contributed by atoms with van der Waals surface area (Å²) in [7, 11) is 0. The largest absolute Gasteiger partial charge is 0.484 e. The summed E-state index contributed by atoms with van der Waals surface area (Å²) in [6.07, 6.45) is -3.12. The van der Waals surface area contributed by atoms with Crippen LogP contribution in [0.2, 0.25) is 5.02 Å². The van der Waals surface area contributed by atoms with Crippen LogP contribution in [0.5, 0.6) is 5.75 Å². The minimum Gasteiger partial charge on any atom is -0.484 e. The van der Waals surface area contributed by atoms with Crippen LogP contribution in [0.15, 0.2) is 53.6 Å². The number of amides is 1. The van der Waals surface area contributed by atoms with E-state index in [0.717, 1.165) is 12.1 Å². The quantitative estimate of drug-likeness (QED) is 0.652. The van der Waals surface area contributed by atoms with Crippen LogP contribution < -0.4 is 10.2 Å². The number of carbonyl (C=O) groups excluding carboxylic acids is 1. The molecule has 0 fully saturated rings. The van der Waals surface area contributed by atoms with Crippen molar-refractivity contribution in [2.45, 2.75) is 6.18 Å². The molecule has 0 aliphatic heterocycles. The molecule has 0 heterocycles. The van der Waals surface area contributed by atoms with E-state index in [4.69, 9.17) is 16.3 Å². The number of rotatable bonds is 5. The first-order valence-corrected chi connectivity index (χ1v) is 7.10. The molecule has 0 aliphatic carbocycles. The molecule has 0 unspecified atom stereocenters. The first-order chi connectivity index (χ1) is 11.4. The number of ether oxygens (including phenoxy) is 1. The average Bonchev–Trinajstić information content (AvgIpc) is 2.54. The Balaban J connectivity index is 1.87. The highest BCUT2D eigenvalue weighted by molar-refractivity contribution is 6.33. The summed E-state index contributed by atoms with van der Waals surface area (Å²) in [5.41, 5.74) is 1.96. The van der Waals surface area contributed by atoms with Gasteiger partial charge in [-0.1, -0.05) is 35.9 Å². The van der Waals surface area contributed by atoms with E-state index in [1.165, 1.54) is 18.3 Å². The van der Waals surface area contributed by atoms with E-state index in [-0.39, 0.29) is 5.75 Å². The molecule has 0 radical (unpaired) electrons. The second-order valence-corrected chi connectivity index (χ2v) is 5.04. The Bertz CT molecular complexity index is 748. The molecule has 8 heteroatoms. The summed E-state index contributed by atoms with van der Waals surface area (Å²) in [6, 6.07) is 11.1. The minimum atomic E-state index is -4.47. The van der Waals surface area contributed by atoms with E-state index in [2.05, 4.69) is 10.5 Å². The van der Waals surface area contributed by atoms with Gasteiger partial charge in [0.25, 0.3) is 5.91 Å². The fourth-order valence-electron chi connectivity index (χ4n) is 1.70. The van der Waals surface area contributed by atoms with Crippen LogP contribution in [-0.2, 0) is 11.0 Å². The topological polar surface area (TPSA) is 50.7 Å². The van der Waals surface area contributed by atoms with Gasteiger partial charge in [0.05, 0.1) is 11.8 Å². The highest BCUT2D eigenvalue weighted by Gasteiger charge is 2.30. The second kappa shape index (κ2) is 7.83. The van der Waals surface area contributed by atoms with E-state index in [9.17, 15) is 18.0 Å². The molecule has 0 atom stereocenters. The van der Waals surface area contributed by atoms with Gasteiger partial charge in [0.1, 0.15) is 5.75 Å². The van der Waals surface area contributed by atoms with Crippen LogP contribution in [0.25, 0.3) is 0 Å². The number of hydrogen-bond acceptors (Lipinski definition) is 3. The van der Waals surface area contributed by atoms with Crippen molar-refractivity contribution in [2.75, 3.05) is 6.61 Å². The fourth-order valence-corrected chi connectivity index (χ4v) is 1.88. The summed E-state index contributed by atoms with van der Waals surface area (Å²) >= 11 is 5.91. The third-order valence-corrected chi connectivity index (χ3v) is 3.17. The fraction of sp³-hybridized carbons (Fsp3) is 0.125. The molecule has 4 nitrogen and oxygen atoms in total. The number of benzene rings is 2. The smallest absolute Gasteiger partial charge is 0.416 e. The molecule has 1 amide bonds. The maximum atomic E-state index is 12.6. The van der Waals surface area contributed by atoms with Crippen LogP contribution in [-0.4, -0.2) is 18.7 Å². The highest BCUT2D eigenvalue weighted by Crippen LogP contribution is 2.31. The summed E-state index contributed by atoms with van der Waals surface area (Å²) in [5, 5.41) is 4.17. The van der Waals surface area contributed by atoms with Gasteiger partial charge < -0.3 is 4.74 Å². The zero-order chi connectivity index (χ0) is 17.6. The molecule has 0 aromatic heterocycles. The molecular formula is C16H12ClF3N2O2. The predicted molar refractivity (Wildman–Crippen MR) is 84.1 cm³/mol. The Hall–Kier alpha value is -2.54. The van der Waals surface area contributed by atoms with Crippen LogP contribution in [0, 0.1) is 0 Å². The lowest BCUT2D eigenvalue weighted by Crippen LogP contribution is -2.24. The van der Waals surface area contributed by atoms with Gasteiger partial charge in [0.15, 0.2) is 6.61 Å². The van der Waals surface area contributed by atoms with Gasteiger partial charge in [-0.15, -0.1) is 0 Å². The van der Waals surface area contributed by atoms with Crippen molar-refractivity contribution in [3.8, 4) is 5.75 Å². The summed E-state index contributed by atoms with van der Waals surface area (Å²) in [6.45, 7) is -0.471. The molecule has 0 saturated heterocycles. The van der Waals surface area contributed by atoms with Crippen LogP contribution >= 0.6 is 11.6 Å². The molecule has 0 saturated carbocycles. The van der Waals surface area contributed by atoms with E-state index < -0.39 is 24.3 Å². The van der Waals surface area contributed by atoms with Gasteiger partial charge in [-0.2, -0.15) is 18.3 Å². The van der Waals surface area contributed by atoms with Crippen LogP contribution in [0.1, 0.15) is 11.1 Å². The maximum Gasteiger partial charge on any atom is 0.416 e. The third-order valence-electron chi connectivity index (χ3n) is 2.83. The number of hydrogen-bond donors (Lipinski definition) is 1. The molecule has 126 valence electrons. The van der Waals surface area contributed by atoms with Crippen molar-refractivity contribution in [1.82, 2.24) is 5.43 Å². The molecule has 2 aromatic rings. The summed E-state index contributed by atoms with van der Waals surface area (Å²) in [4.78, 5) is 11.6. The molecule has 0 spiro atoms. The summed E-state index contributed by atoms with van der Waals surface area (Å²) in [5.74, 6) is -0.675. The zero-order valence-corrected chi connectivity index (χ0v) is 12.9. The number of hydrazone groups is 1. The van der Waals surface area contributed by atoms with Gasteiger partial charge in [0.2, 0.25) is 0 Å². The molecular weight excluding hydrogens is 345 g/mol. The molecule has 1 N–H and O–H groups in total. The molecule has 0 aliphatic rings. The number of nitrogens with one attached hydrogen (secondary N) is 1. The second-order valence-electron chi connectivity index (χ2n) is 4.63. The van der Waals surface area contributed by atoms with Gasteiger partial charge in [-0.3, -0.25) is 4.79 Å². The number of halogens is 4. The Morgan fingerprint density at radius 1 is 1.21 bits per heavy atom. The average molecular weight is 357 g/mol. The lowest BCUT2D eigenvalue weighted by molar-refractivity contribution is -0.137. The Morgan fingerprint density at radius 2 is 1.96 bits per heavy atom. The highest BCUT2D eigenvalue weighted by atomic mass is 35.5. The molecule has 24 heavy (non-hydrogen) atoms. The van der Waals surface area contributed by atoms with Crippen molar-refractivity contribution < 1.29 is 22.7 Å². The molecule has 2 rings (SSSR count). The Kier molecular flexibility index (Phi) is 5.81. The van der Waals surface area contributed by atoms with Crippen LogP contribution in [0.3, 0.4) is 0 Å². The van der Waals surface area contributed by atoms with E-state index in [1.54, 1.807) is 24.3 Å². The lowest BCUT2D eigenvalue weighted by atomic mass is 10.2. The van der Waals surface area contributed by atoms with Crippen LogP contribution in [0.4, 0.5) is 13.2 Å². The number of nitrogens with zero attached hydrogens (tertiary/aromatic N) is 1. The van der Waals surface area contributed by atoms with Crippen molar-refractivity contribution in [1.29, 1.82) is 0 Å². The van der Waals surface area contributed by atoms with Gasteiger partial charge in [-0.05, 0) is 24.3 Å². The van der Waals surface area contributed by atoms with Crippen molar-refractivity contribution >= 4 is 23.7 Å². The third kappa shape index (κ3) is 5.27. The first kappa shape index (κ1) is 17.8. The Morgan fingerprint density at radius 3 is 2.67 bits per heavy atom. The number of alkyl halides is 3. The minimum absolute atomic E-state index is 0.0601. The Labute approximate surface area is 140 Å². The predicted octanol–water partition coefficient (Wildman–Crippen LogP) is 3.89.